The average molecular weight is 513 g/mol. The second-order valence-corrected chi connectivity index (χ2v) is 11.3. The summed E-state index contributed by atoms with van der Waals surface area (Å²) in [6.45, 7) is 3.76. The summed E-state index contributed by atoms with van der Waals surface area (Å²) < 4.78 is 28.1. The molecule has 3 N–H and O–H groups in total. The van der Waals surface area contributed by atoms with Gasteiger partial charge in [-0.3, -0.25) is 9.89 Å². The predicted molar refractivity (Wildman–Crippen MR) is 137 cm³/mol. The normalized spacial score (nSPS) is 21.4. The van der Waals surface area contributed by atoms with Crippen molar-refractivity contribution in [1.29, 1.82) is 0 Å². The van der Waals surface area contributed by atoms with E-state index in [0.29, 0.717) is 36.8 Å². The van der Waals surface area contributed by atoms with Crippen LogP contribution in [0.5, 0.6) is 0 Å². The van der Waals surface area contributed by atoms with Gasteiger partial charge in [-0.1, -0.05) is 18.6 Å². The van der Waals surface area contributed by atoms with Crippen LogP contribution in [0.1, 0.15) is 39.0 Å². The molecular formula is C24H32N8O3S. The van der Waals surface area contributed by atoms with Crippen LogP contribution in [0.3, 0.4) is 0 Å². The van der Waals surface area contributed by atoms with Crippen molar-refractivity contribution in [3.63, 3.8) is 0 Å². The van der Waals surface area contributed by atoms with Crippen molar-refractivity contribution in [3.8, 4) is 0 Å². The molecule has 0 unspecified atom stereocenters. The van der Waals surface area contributed by atoms with Crippen LogP contribution in [0.2, 0.25) is 0 Å². The second-order valence-electron chi connectivity index (χ2n) is 9.39. The van der Waals surface area contributed by atoms with Gasteiger partial charge in [0.25, 0.3) is 0 Å². The lowest BCUT2D eigenvalue weighted by Gasteiger charge is -2.40. The van der Waals surface area contributed by atoms with Crippen molar-refractivity contribution < 1.29 is 13.2 Å². The van der Waals surface area contributed by atoms with Gasteiger partial charge in [0.1, 0.15) is 17.0 Å². The molecule has 2 saturated heterocycles. The number of H-pyrrole nitrogens is 1. The maximum atomic E-state index is 13.3. The highest BCUT2D eigenvalue weighted by atomic mass is 32.2. The highest BCUT2D eigenvalue weighted by Gasteiger charge is 2.32. The molecule has 1 aromatic carbocycles. The third-order valence-corrected chi connectivity index (χ3v) is 9.09. The summed E-state index contributed by atoms with van der Waals surface area (Å²) in [5.74, 6) is 0.616. The lowest BCUT2D eigenvalue weighted by atomic mass is 9.97. The van der Waals surface area contributed by atoms with Crippen molar-refractivity contribution in [1.82, 2.24) is 29.4 Å². The summed E-state index contributed by atoms with van der Waals surface area (Å²) >= 11 is 0. The summed E-state index contributed by atoms with van der Waals surface area (Å²) in [5.41, 5.74) is 1.12. The van der Waals surface area contributed by atoms with Gasteiger partial charge < -0.3 is 15.5 Å². The van der Waals surface area contributed by atoms with E-state index in [4.69, 9.17) is 0 Å². The standard InChI is InChI=1S/C24H32N8O3S/c1-17-19(29-23-18-14-28-30-24(18)27-16-26-23)9-7-13-32(17)22(33)15-25-20-8-3-4-10-21(20)36(34,35)31-11-5-2-6-12-31/h3-4,8,10,14,16-17,19,25H,2,5-7,9,11-13,15H2,1H3,(H2,26,27,28,29,30)/t17-,19-/m1/s1. The summed E-state index contributed by atoms with van der Waals surface area (Å²) in [6, 6.07) is 6.78. The topological polar surface area (TPSA) is 136 Å². The number of benzene rings is 1. The molecule has 2 aliphatic rings. The first kappa shape index (κ1) is 24.4. The number of aromatic amines is 1. The summed E-state index contributed by atoms with van der Waals surface area (Å²) in [4.78, 5) is 23.9. The zero-order chi connectivity index (χ0) is 25.1. The van der Waals surface area contributed by atoms with Crippen molar-refractivity contribution in [2.75, 3.05) is 36.8 Å². The SMILES string of the molecule is C[C@@H]1[C@H](Nc2ncnc3[nH]ncc23)CCCN1C(=O)CNc1ccccc1S(=O)(=O)N1CCCCC1. The van der Waals surface area contributed by atoms with Crippen LogP contribution in [0.4, 0.5) is 11.5 Å². The maximum Gasteiger partial charge on any atom is 0.245 e. The Kier molecular flexibility index (Phi) is 7.06. The van der Waals surface area contributed by atoms with Gasteiger partial charge in [-0.15, -0.1) is 0 Å². The van der Waals surface area contributed by atoms with Crippen LogP contribution < -0.4 is 10.6 Å². The first-order valence-electron chi connectivity index (χ1n) is 12.5. The van der Waals surface area contributed by atoms with E-state index in [0.717, 1.165) is 37.5 Å². The third-order valence-electron chi connectivity index (χ3n) is 7.13. The van der Waals surface area contributed by atoms with Crippen LogP contribution in [-0.4, -0.2) is 82.0 Å². The summed E-state index contributed by atoms with van der Waals surface area (Å²) in [6.07, 6.45) is 7.72. The Balaban J connectivity index is 1.26. The minimum absolute atomic E-state index is 0.0162. The number of hydrogen-bond donors (Lipinski definition) is 3. The molecule has 192 valence electrons. The van der Waals surface area contributed by atoms with Crippen LogP contribution in [-0.2, 0) is 14.8 Å². The number of aromatic nitrogens is 4. The van der Waals surface area contributed by atoms with Gasteiger partial charge in [0.2, 0.25) is 15.9 Å². The predicted octanol–water partition coefficient (Wildman–Crippen LogP) is 2.43. The van der Waals surface area contributed by atoms with E-state index in [9.17, 15) is 13.2 Å². The third kappa shape index (κ3) is 4.87. The van der Waals surface area contributed by atoms with Crippen molar-refractivity contribution in [3.05, 3.63) is 36.8 Å². The Bertz CT molecular complexity index is 1320. The Morgan fingerprint density at radius 1 is 1.11 bits per heavy atom. The Morgan fingerprint density at radius 3 is 2.75 bits per heavy atom. The lowest BCUT2D eigenvalue weighted by Crippen LogP contribution is -2.53. The molecule has 1 amide bonds. The molecule has 0 spiro atoms. The maximum absolute atomic E-state index is 13.3. The molecule has 11 nitrogen and oxygen atoms in total. The number of anilines is 2. The Labute approximate surface area is 210 Å². The number of nitrogens with zero attached hydrogens (tertiary/aromatic N) is 5. The van der Waals surface area contributed by atoms with E-state index >= 15 is 0 Å². The van der Waals surface area contributed by atoms with Crippen molar-refractivity contribution >= 4 is 38.5 Å². The Morgan fingerprint density at radius 2 is 1.92 bits per heavy atom. The monoisotopic (exact) mass is 512 g/mol. The molecule has 0 aliphatic carbocycles. The lowest BCUT2D eigenvalue weighted by molar-refractivity contribution is -0.132. The number of rotatable bonds is 7. The first-order chi connectivity index (χ1) is 17.4. The highest BCUT2D eigenvalue weighted by molar-refractivity contribution is 7.89. The summed E-state index contributed by atoms with van der Waals surface area (Å²) in [7, 11) is -3.62. The average Bonchev–Trinajstić information content (AvgIpc) is 3.39. The van der Waals surface area contributed by atoms with Crippen LogP contribution in [0.15, 0.2) is 41.7 Å². The molecule has 3 aromatic rings. The number of sulfonamides is 1. The molecule has 2 fully saturated rings. The van der Waals surface area contributed by atoms with Crippen LogP contribution in [0, 0.1) is 0 Å². The van der Waals surface area contributed by atoms with E-state index in [-0.39, 0.29) is 29.4 Å². The fourth-order valence-electron chi connectivity index (χ4n) is 5.10. The van der Waals surface area contributed by atoms with E-state index < -0.39 is 10.0 Å². The van der Waals surface area contributed by atoms with Crippen molar-refractivity contribution in [2.24, 2.45) is 0 Å². The van der Waals surface area contributed by atoms with E-state index in [1.165, 1.54) is 6.33 Å². The fourth-order valence-corrected chi connectivity index (χ4v) is 6.78. The largest absolute Gasteiger partial charge is 0.375 e. The molecular weight excluding hydrogens is 480 g/mol. The quantitative estimate of drug-likeness (QED) is 0.439. The van der Waals surface area contributed by atoms with E-state index in [2.05, 4.69) is 30.8 Å². The number of hydrogen-bond acceptors (Lipinski definition) is 8. The Hall–Kier alpha value is -3.25. The minimum atomic E-state index is -3.62. The van der Waals surface area contributed by atoms with Gasteiger partial charge in [-0.05, 0) is 44.7 Å². The molecule has 12 heteroatoms. The van der Waals surface area contributed by atoms with Crippen molar-refractivity contribution in [2.45, 2.75) is 56.0 Å². The molecule has 0 radical (unpaired) electrons. The van der Waals surface area contributed by atoms with Gasteiger partial charge in [0, 0.05) is 31.7 Å². The number of carbonyl (C=O) groups is 1. The zero-order valence-electron chi connectivity index (χ0n) is 20.4. The zero-order valence-corrected chi connectivity index (χ0v) is 21.2. The number of likely N-dealkylation sites (tertiary alicyclic amines) is 1. The van der Waals surface area contributed by atoms with E-state index in [1.807, 2.05) is 11.8 Å². The number of para-hydroxylation sites is 1. The highest BCUT2D eigenvalue weighted by Crippen LogP contribution is 2.28. The molecule has 0 bridgehead atoms. The molecule has 2 aliphatic heterocycles. The van der Waals surface area contributed by atoms with Gasteiger partial charge in [-0.2, -0.15) is 9.40 Å². The number of fused-ring (bicyclic) bond motifs is 1. The fraction of sp³-hybridized carbons (Fsp3) is 0.500. The molecule has 2 aromatic heterocycles. The molecule has 0 saturated carbocycles. The molecule has 36 heavy (non-hydrogen) atoms. The number of carbonyl (C=O) groups excluding carboxylic acids is 1. The van der Waals surface area contributed by atoms with Gasteiger partial charge in [0.05, 0.1) is 23.8 Å². The van der Waals surface area contributed by atoms with Gasteiger partial charge in [-0.25, -0.2) is 18.4 Å². The number of piperidine rings is 2. The molecule has 4 heterocycles. The number of nitrogens with one attached hydrogen (secondary N) is 3. The van der Waals surface area contributed by atoms with Gasteiger partial charge in [0.15, 0.2) is 5.65 Å². The first-order valence-corrected chi connectivity index (χ1v) is 13.9. The summed E-state index contributed by atoms with van der Waals surface area (Å²) in [5, 5.41) is 14.3. The van der Waals surface area contributed by atoms with Crippen LogP contribution >= 0.6 is 0 Å². The van der Waals surface area contributed by atoms with E-state index in [1.54, 1.807) is 34.8 Å². The van der Waals surface area contributed by atoms with Gasteiger partial charge >= 0.3 is 0 Å². The minimum Gasteiger partial charge on any atom is -0.375 e. The number of amides is 1. The molecule has 5 rings (SSSR count). The molecule has 2 atom stereocenters. The second kappa shape index (κ2) is 10.4. The smallest absolute Gasteiger partial charge is 0.245 e. The van der Waals surface area contributed by atoms with Crippen LogP contribution in [0.25, 0.3) is 11.0 Å².